The van der Waals surface area contributed by atoms with E-state index in [9.17, 15) is 19.7 Å². The number of non-ortho nitro benzene ring substituents is 1. The highest BCUT2D eigenvalue weighted by Crippen LogP contribution is 2.33. The number of nitrogens with one attached hydrogen (secondary N) is 2. The van der Waals surface area contributed by atoms with Crippen LogP contribution >= 0.6 is 11.6 Å². The first kappa shape index (κ1) is 19.3. The lowest BCUT2D eigenvalue weighted by atomic mass is 10.1. The summed E-state index contributed by atoms with van der Waals surface area (Å²) < 4.78 is 10.5. The van der Waals surface area contributed by atoms with E-state index in [-0.39, 0.29) is 24.7 Å². The van der Waals surface area contributed by atoms with E-state index in [1.807, 2.05) is 0 Å². The molecular weight excluding hydrogens is 390 g/mol. The molecule has 0 aromatic heterocycles. The molecule has 1 aliphatic rings. The summed E-state index contributed by atoms with van der Waals surface area (Å²) in [6, 6.07) is 8.86. The fraction of sp³-hybridized carbons (Fsp3) is 0.111. The molecule has 0 atom stereocenters. The van der Waals surface area contributed by atoms with Crippen LogP contribution in [0.4, 0.5) is 5.69 Å². The van der Waals surface area contributed by atoms with Gasteiger partial charge < -0.3 is 9.47 Å². The second kappa shape index (κ2) is 8.51. The van der Waals surface area contributed by atoms with Crippen LogP contribution in [-0.2, 0) is 16.1 Å². The van der Waals surface area contributed by atoms with Gasteiger partial charge >= 0.3 is 0 Å². The van der Waals surface area contributed by atoms with Gasteiger partial charge in [-0.1, -0.05) is 17.7 Å². The number of rotatable bonds is 4. The van der Waals surface area contributed by atoms with Crippen molar-refractivity contribution in [2.45, 2.75) is 6.61 Å². The summed E-state index contributed by atoms with van der Waals surface area (Å²) in [6.07, 6.45) is 2.48. The zero-order valence-corrected chi connectivity index (χ0v) is 15.1. The van der Waals surface area contributed by atoms with Crippen LogP contribution < -0.4 is 15.6 Å². The summed E-state index contributed by atoms with van der Waals surface area (Å²) in [7, 11) is 0. The van der Waals surface area contributed by atoms with Gasteiger partial charge in [-0.05, 0) is 24.3 Å². The predicted octanol–water partition coefficient (Wildman–Crippen LogP) is 2.59. The molecule has 0 aliphatic carbocycles. The Morgan fingerprint density at radius 2 is 2.04 bits per heavy atom. The molecule has 28 heavy (non-hydrogen) atoms. The maximum atomic E-state index is 12.0. The fourth-order valence-corrected chi connectivity index (χ4v) is 2.68. The van der Waals surface area contributed by atoms with Crippen molar-refractivity contribution in [3.05, 3.63) is 74.3 Å². The summed E-state index contributed by atoms with van der Waals surface area (Å²) in [4.78, 5) is 34.5. The Kier molecular flexibility index (Phi) is 5.87. The zero-order chi connectivity index (χ0) is 20.1. The Hall–Kier alpha value is -3.43. The summed E-state index contributed by atoms with van der Waals surface area (Å²) in [5.74, 6) is -0.774. The molecule has 10 heteroatoms. The number of hydrogen-bond acceptors (Lipinski definition) is 6. The van der Waals surface area contributed by atoms with Crippen molar-refractivity contribution in [1.82, 2.24) is 10.9 Å². The lowest BCUT2D eigenvalue weighted by Crippen LogP contribution is -2.40. The zero-order valence-electron chi connectivity index (χ0n) is 14.3. The maximum Gasteiger partial charge on any atom is 0.270 e. The maximum absolute atomic E-state index is 12.0. The van der Waals surface area contributed by atoms with Gasteiger partial charge in [0.15, 0.2) is 6.79 Å². The van der Waals surface area contributed by atoms with Crippen LogP contribution in [0.25, 0.3) is 6.08 Å². The van der Waals surface area contributed by atoms with Gasteiger partial charge in [0.25, 0.3) is 17.5 Å². The normalized spacial score (nSPS) is 12.8. The van der Waals surface area contributed by atoms with E-state index in [1.54, 1.807) is 12.1 Å². The quantitative estimate of drug-likeness (QED) is 0.460. The van der Waals surface area contributed by atoms with Crippen LogP contribution in [0.2, 0.25) is 5.02 Å². The molecule has 9 nitrogen and oxygen atoms in total. The van der Waals surface area contributed by atoms with E-state index >= 15 is 0 Å². The summed E-state index contributed by atoms with van der Waals surface area (Å²) in [6.45, 7) is 0.174. The highest BCUT2D eigenvalue weighted by molar-refractivity contribution is 6.30. The predicted molar refractivity (Wildman–Crippen MR) is 99.5 cm³/mol. The molecule has 0 fully saturated rings. The van der Waals surface area contributed by atoms with Crippen molar-refractivity contribution in [3.63, 3.8) is 0 Å². The van der Waals surface area contributed by atoms with Gasteiger partial charge in [0.05, 0.1) is 11.5 Å². The number of carbonyl (C=O) groups excluding carboxylic acids is 2. The highest BCUT2D eigenvalue weighted by atomic mass is 35.5. The molecule has 2 aromatic rings. The van der Waals surface area contributed by atoms with Crippen molar-refractivity contribution in [3.8, 4) is 5.75 Å². The topological polar surface area (TPSA) is 120 Å². The van der Waals surface area contributed by atoms with Gasteiger partial charge in [0.2, 0.25) is 0 Å². The fourth-order valence-electron chi connectivity index (χ4n) is 2.49. The molecule has 0 unspecified atom stereocenters. The molecule has 2 aromatic carbocycles. The third kappa shape index (κ3) is 4.64. The average Bonchev–Trinajstić information content (AvgIpc) is 2.69. The molecule has 2 amide bonds. The second-order valence-electron chi connectivity index (χ2n) is 5.68. The molecule has 0 radical (unpaired) electrons. The van der Waals surface area contributed by atoms with Crippen LogP contribution in [0.15, 0.2) is 42.5 Å². The first-order valence-corrected chi connectivity index (χ1v) is 8.37. The van der Waals surface area contributed by atoms with E-state index in [2.05, 4.69) is 10.9 Å². The Morgan fingerprint density at radius 1 is 1.21 bits per heavy atom. The SMILES string of the molecule is O=C(/C=C/c1cc([N+](=O)[O-])cc2c1OCOC2)NNC(=O)c1cccc(Cl)c1. The van der Waals surface area contributed by atoms with Crippen LogP contribution in [0.5, 0.6) is 5.75 Å². The smallest absolute Gasteiger partial charge is 0.270 e. The van der Waals surface area contributed by atoms with E-state index in [4.69, 9.17) is 21.1 Å². The van der Waals surface area contributed by atoms with Crippen molar-refractivity contribution >= 4 is 35.2 Å². The minimum absolute atomic E-state index is 0.00748. The molecule has 0 spiro atoms. The lowest BCUT2D eigenvalue weighted by Gasteiger charge is -2.19. The van der Waals surface area contributed by atoms with E-state index in [0.717, 1.165) is 6.08 Å². The molecule has 0 saturated carbocycles. The molecule has 0 bridgehead atoms. The molecule has 1 heterocycles. The number of halogens is 1. The second-order valence-corrected chi connectivity index (χ2v) is 6.11. The monoisotopic (exact) mass is 403 g/mol. The number of carbonyl (C=O) groups is 2. The van der Waals surface area contributed by atoms with Crippen LogP contribution in [0.1, 0.15) is 21.5 Å². The Bertz CT molecular complexity index is 976. The summed E-state index contributed by atoms with van der Waals surface area (Å²) in [5.41, 5.74) is 5.45. The number of amides is 2. The minimum Gasteiger partial charge on any atom is -0.467 e. The number of hydrogen-bond donors (Lipinski definition) is 2. The first-order valence-electron chi connectivity index (χ1n) is 8.00. The standard InChI is InChI=1S/C18H14ClN3O6/c19-14-3-1-2-12(6-14)18(24)21-20-16(23)5-4-11-7-15(22(25)26)8-13-9-27-10-28-17(11)13/h1-8H,9-10H2,(H,20,23)(H,21,24)/b5-4+. The van der Waals surface area contributed by atoms with Gasteiger partial charge in [-0.2, -0.15) is 0 Å². The number of nitro benzene ring substituents is 1. The van der Waals surface area contributed by atoms with E-state index < -0.39 is 16.7 Å². The molecule has 3 rings (SSSR count). The van der Waals surface area contributed by atoms with Crippen LogP contribution in [-0.4, -0.2) is 23.5 Å². The van der Waals surface area contributed by atoms with Crippen molar-refractivity contribution in [1.29, 1.82) is 0 Å². The third-order valence-electron chi connectivity index (χ3n) is 3.73. The van der Waals surface area contributed by atoms with Crippen molar-refractivity contribution in [2.24, 2.45) is 0 Å². The first-order chi connectivity index (χ1) is 13.4. The van der Waals surface area contributed by atoms with Gasteiger partial charge in [0.1, 0.15) is 5.75 Å². The summed E-state index contributed by atoms with van der Waals surface area (Å²) >= 11 is 5.81. The van der Waals surface area contributed by atoms with Crippen LogP contribution in [0.3, 0.4) is 0 Å². The summed E-state index contributed by atoms with van der Waals surface area (Å²) in [5, 5.41) is 11.5. The van der Waals surface area contributed by atoms with Gasteiger partial charge in [-0.15, -0.1) is 0 Å². The average molecular weight is 404 g/mol. The molecule has 0 saturated heterocycles. The molecule has 1 aliphatic heterocycles. The Labute approximate surface area is 164 Å². The number of benzene rings is 2. The largest absolute Gasteiger partial charge is 0.467 e. The number of nitrogens with zero attached hydrogens (tertiary/aromatic N) is 1. The number of fused-ring (bicyclic) bond motifs is 1. The van der Waals surface area contributed by atoms with Gasteiger partial charge in [-0.3, -0.25) is 30.6 Å². The number of nitro groups is 1. The highest BCUT2D eigenvalue weighted by Gasteiger charge is 2.19. The lowest BCUT2D eigenvalue weighted by molar-refractivity contribution is -0.385. The molecule has 2 N–H and O–H groups in total. The van der Waals surface area contributed by atoms with Gasteiger partial charge in [0, 0.05) is 39.9 Å². The van der Waals surface area contributed by atoms with Crippen LogP contribution in [0, 0.1) is 10.1 Å². The van der Waals surface area contributed by atoms with E-state index in [1.165, 1.54) is 30.3 Å². The molecular formula is C18H14ClN3O6. The Morgan fingerprint density at radius 3 is 2.79 bits per heavy atom. The number of ether oxygens (including phenoxy) is 2. The van der Waals surface area contributed by atoms with Gasteiger partial charge in [-0.25, -0.2) is 0 Å². The Balaban J connectivity index is 1.69. The number of hydrazine groups is 1. The minimum atomic E-state index is -0.636. The van der Waals surface area contributed by atoms with Crippen molar-refractivity contribution in [2.75, 3.05) is 6.79 Å². The van der Waals surface area contributed by atoms with Crippen molar-refractivity contribution < 1.29 is 24.0 Å². The third-order valence-corrected chi connectivity index (χ3v) is 3.97. The van der Waals surface area contributed by atoms with E-state index in [0.29, 0.717) is 21.9 Å². The molecule has 144 valence electrons.